The molecule has 8 aromatic carbocycles. The highest BCUT2D eigenvalue weighted by molar-refractivity contribution is 6.22. The van der Waals surface area contributed by atoms with Crippen molar-refractivity contribution in [2.24, 2.45) is 0 Å². The van der Waals surface area contributed by atoms with Crippen molar-refractivity contribution in [2.75, 3.05) is 0 Å². The molecule has 1 aromatic heterocycles. The summed E-state index contributed by atoms with van der Waals surface area (Å²) in [4.78, 5) is 5.03. The number of fused-ring (bicyclic) bond motifs is 4. The first kappa shape index (κ1) is 14.7. The third-order valence-electron chi connectivity index (χ3n) is 7.89. The summed E-state index contributed by atoms with van der Waals surface area (Å²) in [7, 11) is 0. The fourth-order valence-electron chi connectivity index (χ4n) is 5.99. The molecule has 2 nitrogen and oxygen atoms in total. The van der Waals surface area contributed by atoms with Crippen LogP contribution in [-0.4, -0.2) is 9.55 Å². The van der Waals surface area contributed by atoms with E-state index in [0.717, 1.165) is 11.2 Å². The van der Waals surface area contributed by atoms with Gasteiger partial charge < -0.3 is 0 Å². The van der Waals surface area contributed by atoms with Crippen LogP contribution in [0.1, 0.15) is 20.6 Å². The Labute approximate surface area is 282 Å². The molecular formula is C43H28N2. The molecule has 0 saturated heterocycles. The number of para-hydroxylation sites is 3. The van der Waals surface area contributed by atoms with Gasteiger partial charge in [0.15, 0.2) is 0 Å². The minimum absolute atomic E-state index is 0.00289. The van der Waals surface area contributed by atoms with Crippen molar-refractivity contribution in [2.45, 2.75) is 0 Å². The molecule has 0 aliphatic rings. The van der Waals surface area contributed by atoms with Gasteiger partial charge in [-0.3, -0.25) is 4.57 Å². The summed E-state index contributed by atoms with van der Waals surface area (Å²) in [6.07, 6.45) is 0. The zero-order chi connectivity index (χ0) is 42.8. The predicted octanol–water partition coefficient (Wildman–Crippen LogP) is 11.5. The van der Waals surface area contributed by atoms with Gasteiger partial charge in [0.05, 0.1) is 31.6 Å². The highest BCUT2D eigenvalue weighted by Crippen LogP contribution is 2.46. The molecule has 0 spiro atoms. The molecule has 0 amide bonds. The molecule has 0 atom stereocenters. The number of benzene rings is 8. The van der Waals surface area contributed by atoms with Crippen molar-refractivity contribution in [1.29, 1.82) is 0 Å². The van der Waals surface area contributed by atoms with E-state index >= 15 is 0 Å². The Morgan fingerprint density at radius 1 is 0.489 bits per heavy atom. The maximum absolute atomic E-state index is 9.49. The molecule has 0 radical (unpaired) electrons. The Bertz CT molecular complexity index is 3300. The molecule has 0 saturated carbocycles. The summed E-state index contributed by atoms with van der Waals surface area (Å²) >= 11 is 0. The quantitative estimate of drug-likeness (QED) is 0.187. The molecule has 9 rings (SSSR count). The van der Waals surface area contributed by atoms with Crippen LogP contribution in [0.15, 0.2) is 169 Å². The smallest absolute Gasteiger partial charge is 0.146 e. The molecule has 0 unspecified atom stereocenters. The zero-order valence-electron chi connectivity index (χ0n) is 38.4. The van der Waals surface area contributed by atoms with E-state index in [4.69, 9.17) is 17.3 Å². The molecule has 1 heterocycles. The first-order valence-electron chi connectivity index (χ1n) is 21.7. The fraction of sp³-hybridized carbons (Fsp3) is 0. The molecule has 210 valence electrons. The van der Waals surface area contributed by atoms with Gasteiger partial charge in [0.2, 0.25) is 0 Å². The van der Waals surface area contributed by atoms with Gasteiger partial charge >= 0.3 is 0 Å². The van der Waals surface area contributed by atoms with E-state index in [2.05, 4.69) is 0 Å². The number of hydrogen-bond donors (Lipinski definition) is 0. The lowest BCUT2D eigenvalue weighted by Gasteiger charge is -2.20. The highest BCUT2D eigenvalue weighted by atomic mass is 15.1. The summed E-state index contributed by atoms with van der Waals surface area (Å²) in [6, 6.07) is 13.6. The van der Waals surface area contributed by atoms with Crippen LogP contribution < -0.4 is 0 Å². The Morgan fingerprint density at radius 2 is 1.07 bits per heavy atom. The first-order valence-corrected chi connectivity index (χ1v) is 14.2. The third kappa shape index (κ3) is 4.07. The van der Waals surface area contributed by atoms with Crippen LogP contribution in [0.25, 0.3) is 82.7 Å². The summed E-state index contributed by atoms with van der Waals surface area (Å²) in [5.41, 5.74) is 1.95. The van der Waals surface area contributed by atoms with Gasteiger partial charge in [-0.25, -0.2) is 4.98 Å². The number of nitrogens with zero attached hydrogens (tertiary/aromatic N) is 2. The van der Waals surface area contributed by atoms with Gasteiger partial charge in [-0.1, -0.05) is 139 Å². The fourth-order valence-corrected chi connectivity index (χ4v) is 5.99. The van der Waals surface area contributed by atoms with Gasteiger partial charge in [-0.15, -0.1) is 0 Å². The van der Waals surface area contributed by atoms with E-state index in [9.17, 15) is 8.22 Å². The summed E-state index contributed by atoms with van der Waals surface area (Å²) in [6.45, 7) is 0. The standard InChI is InChI=1S/C43H28N2/c1-2-16-32(17-3-1)45-40-25-13-12-24-39(40)44-43(45)38-23-11-10-22-37(38)42-35-20-8-6-18-33(35)41(34-19-7-9-21-36(34)42)31-27-26-29-14-4-5-15-30(29)28-31/h1-28H/i4D,5D,6D,7D,8D,9D,14D,15D,18D,19D,20D,21D,26D,27D,28D. The van der Waals surface area contributed by atoms with Crippen LogP contribution >= 0.6 is 0 Å². The minimum atomic E-state index is -0.746. The zero-order valence-corrected chi connectivity index (χ0v) is 23.4. The Morgan fingerprint density at radius 3 is 1.80 bits per heavy atom. The molecule has 2 heteroatoms. The van der Waals surface area contributed by atoms with Gasteiger partial charge in [0, 0.05) is 11.3 Å². The number of hydrogen-bond acceptors (Lipinski definition) is 1. The van der Waals surface area contributed by atoms with Crippen molar-refractivity contribution in [3.8, 4) is 39.3 Å². The van der Waals surface area contributed by atoms with E-state index in [1.165, 1.54) is 0 Å². The molecular weight excluding hydrogens is 544 g/mol. The van der Waals surface area contributed by atoms with Crippen molar-refractivity contribution < 1.29 is 20.6 Å². The minimum Gasteiger partial charge on any atom is -0.292 e. The lowest BCUT2D eigenvalue weighted by atomic mass is 9.84. The largest absolute Gasteiger partial charge is 0.292 e. The Balaban J connectivity index is 1.57. The SMILES string of the molecule is [2H]c1c([2H])c([2H])c2c([2H])c(-c3c4c([2H])c([2H])c([2H])c([2H])c4c(-c4ccccc4-c4nc5ccccc5n4-c4ccccc4)c4c([2H])c([2H])c([2H])c([2H])c34)c([2H])c([2H])c2c1[2H]. The number of imidazole rings is 1. The van der Waals surface area contributed by atoms with Crippen LogP contribution in [0.3, 0.4) is 0 Å². The van der Waals surface area contributed by atoms with Crippen LogP contribution in [0.5, 0.6) is 0 Å². The van der Waals surface area contributed by atoms with Crippen LogP contribution in [-0.2, 0) is 0 Å². The van der Waals surface area contributed by atoms with E-state index in [1.54, 1.807) is 24.3 Å². The molecule has 0 aliphatic carbocycles. The monoisotopic (exact) mass is 587 g/mol. The van der Waals surface area contributed by atoms with E-state index < -0.39 is 107 Å². The third-order valence-corrected chi connectivity index (χ3v) is 7.89. The molecule has 0 N–H and O–H groups in total. The summed E-state index contributed by atoms with van der Waals surface area (Å²) in [5, 5.41) is -1.89. The lowest BCUT2D eigenvalue weighted by molar-refractivity contribution is 1.10. The van der Waals surface area contributed by atoms with Gasteiger partial charge in [-0.2, -0.15) is 0 Å². The molecule has 45 heavy (non-hydrogen) atoms. The maximum Gasteiger partial charge on any atom is 0.146 e. The van der Waals surface area contributed by atoms with Crippen molar-refractivity contribution >= 4 is 43.4 Å². The van der Waals surface area contributed by atoms with Crippen LogP contribution in [0.2, 0.25) is 0 Å². The van der Waals surface area contributed by atoms with Gasteiger partial charge in [0.25, 0.3) is 0 Å². The number of rotatable bonds is 4. The van der Waals surface area contributed by atoms with Crippen LogP contribution in [0, 0.1) is 0 Å². The lowest BCUT2D eigenvalue weighted by Crippen LogP contribution is -1.99. The Kier molecular flexibility index (Phi) is 3.36. The normalized spacial score (nSPS) is 16.2. The van der Waals surface area contributed by atoms with Crippen molar-refractivity contribution in [1.82, 2.24) is 9.55 Å². The second-order valence-corrected chi connectivity index (χ2v) is 10.4. The second-order valence-electron chi connectivity index (χ2n) is 10.4. The molecule has 0 fully saturated rings. The molecule has 9 aromatic rings. The first-order chi connectivity index (χ1) is 28.6. The maximum atomic E-state index is 9.49. The van der Waals surface area contributed by atoms with E-state index in [1.807, 2.05) is 59.2 Å². The Hall–Kier alpha value is -5.99. The summed E-state index contributed by atoms with van der Waals surface area (Å²) < 4.78 is 137. The van der Waals surface area contributed by atoms with Gasteiger partial charge in [-0.05, 0) is 84.9 Å². The number of aromatic nitrogens is 2. The van der Waals surface area contributed by atoms with E-state index in [0.29, 0.717) is 16.9 Å². The average molecular weight is 588 g/mol. The second kappa shape index (κ2) is 10.3. The topological polar surface area (TPSA) is 17.8 Å². The molecule has 0 bridgehead atoms. The summed E-state index contributed by atoms with van der Waals surface area (Å²) in [5.74, 6) is 0.412. The van der Waals surface area contributed by atoms with Crippen molar-refractivity contribution in [3.05, 3.63) is 169 Å². The average Bonchev–Trinajstić information content (AvgIpc) is 3.65. The molecule has 0 aliphatic heterocycles. The van der Waals surface area contributed by atoms with Crippen molar-refractivity contribution in [3.63, 3.8) is 0 Å². The van der Waals surface area contributed by atoms with Crippen LogP contribution in [0.4, 0.5) is 0 Å². The van der Waals surface area contributed by atoms with E-state index in [-0.39, 0.29) is 38.2 Å². The predicted molar refractivity (Wildman–Crippen MR) is 190 cm³/mol. The van der Waals surface area contributed by atoms with Gasteiger partial charge in [0.1, 0.15) is 5.82 Å². The highest BCUT2D eigenvalue weighted by Gasteiger charge is 2.22.